The smallest absolute Gasteiger partial charge is 0.189 e. The molecular weight excluding hydrogens is 276 g/mol. The number of hydrogen-bond acceptors (Lipinski definition) is 4. The molecule has 0 amide bonds. The van der Waals surface area contributed by atoms with E-state index in [1.54, 1.807) is 28.6 Å². The topological polar surface area (TPSA) is 40.5 Å². The van der Waals surface area contributed by atoms with Crippen LogP contribution in [-0.2, 0) is 0 Å². The van der Waals surface area contributed by atoms with E-state index in [-0.39, 0.29) is 0 Å². The van der Waals surface area contributed by atoms with Crippen molar-refractivity contribution in [1.29, 1.82) is 0 Å². The lowest BCUT2D eigenvalue weighted by molar-refractivity contribution is 0.606. The van der Waals surface area contributed by atoms with E-state index in [4.69, 9.17) is 12.2 Å². The fourth-order valence-electron chi connectivity index (χ4n) is 1.38. The summed E-state index contributed by atoms with van der Waals surface area (Å²) in [4.78, 5) is 7.00. The fraction of sp³-hybridized carbons (Fsp3) is 0.154. The van der Waals surface area contributed by atoms with Crippen LogP contribution < -0.4 is 5.43 Å². The quantitative estimate of drug-likeness (QED) is 0.535. The minimum Gasteiger partial charge on any atom is -0.354 e. The lowest BCUT2D eigenvalue weighted by atomic mass is 10.1. The number of hydrazone groups is 1. The number of thiophene rings is 1. The predicted octanol–water partition coefficient (Wildman–Crippen LogP) is 2.33. The maximum Gasteiger partial charge on any atom is 0.189 e. The molecule has 1 N–H and O–H groups in total. The average Bonchev–Trinajstić information content (AvgIpc) is 2.94. The lowest BCUT2D eigenvalue weighted by Crippen LogP contribution is -2.31. The third kappa shape index (κ3) is 3.59. The molecule has 2 heterocycles. The Bertz CT molecular complexity index is 562. The van der Waals surface area contributed by atoms with E-state index in [2.05, 4.69) is 15.5 Å². The molecule has 0 radical (unpaired) electrons. The molecule has 0 aromatic carbocycles. The van der Waals surface area contributed by atoms with Crippen molar-refractivity contribution < 1.29 is 0 Å². The SMILES string of the molecule is CN(C)C(=S)N/N=C(/c1cccnc1)c1cccs1. The summed E-state index contributed by atoms with van der Waals surface area (Å²) in [5.41, 5.74) is 4.69. The van der Waals surface area contributed by atoms with Crippen LogP contribution in [0.5, 0.6) is 0 Å². The van der Waals surface area contributed by atoms with Gasteiger partial charge in [0.05, 0.1) is 4.88 Å². The Kier molecular flexibility index (Phi) is 4.59. The number of pyridine rings is 1. The molecule has 0 saturated heterocycles. The number of hydrogen-bond donors (Lipinski definition) is 1. The largest absolute Gasteiger partial charge is 0.354 e. The van der Waals surface area contributed by atoms with E-state index in [9.17, 15) is 0 Å². The number of nitrogens with one attached hydrogen (secondary N) is 1. The summed E-state index contributed by atoms with van der Waals surface area (Å²) in [6.45, 7) is 0. The summed E-state index contributed by atoms with van der Waals surface area (Å²) in [6, 6.07) is 7.89. The number of nitrogens with zero attached hydrogens (tertiary/aromatic N) is 3. The monoisotopic (exact) mass is 290 g/mol. The van der Waals surface area contributed by atoms with Crippen LogP contribution in [0.25, 0.3) is 0 Å². The van der Waals surface area contributed by atoms with Crippen LogP contribution in [0.3, 0.4) is 0 Å². The van der Waals surface area contributed by atoms with Crippen molar-refractivity contribution in [1.82, 2.24) is 15.3 Å². The van der Waals surface area contributed by atoms with Gasteiger partial charge in [-0.2, -0.15) is 5.10 Å². The molecule has 0 saturated carbocycles. The van der Waals surface area contributed by atoms with E-state index in [0.717, 1.165) is 16.2 Å². The first-order valence-corrected chi connectivity index (χ1v) is 6.96. The molecule has 19 heavy (non-hydrogen) atoms. The van der Waals surface area contributed by atoms with E-state index >= 15 is 0 Å². The second kappa shape index (κ2) is 6.40. The van der Waals surface area contributed by atoms with Crippen LogP contribution in [0.1, 0.15) is 10.4 Å². The highest BCUT2D eigenvalue weighted by atomic mass is 32.1. The minimum atomic E-state index is 0.568. The number of aromatic nitrogens is 1. The zero-order valence-electron chi connectivity index (χ0n) is 10.7. The van der Waals surface area contributed by atoms with Gasteiger partial charge in [-0.05, 0) is 35.8 Å². The van der Waals surface area contributed by atoms with Gasteiger partial charge < -0.3 is 4.90 Å². The van der Waals surface area contributed by atoms with Gasteiger partial charge in [-0.3, -0.25) is 10.4 Å². The summed E-state index contributed by atoms with van der Waals surface area (Å²) >= 11 is 6.80. The highest BCUT2D eigenvalue weighted by Crippen LogP contribution is 2.15. The standard InChI is InChI=1S/C13H14N4S2/c1-17(2)13(18)16-15-12(11-6-4-8-19-11)10-5-3-7-14-9-10/h3-9H,1-2H3,(H,16,18)/b15-12-. The van der Waals surface area contributed by atoms with Gasteiger partial charge in [-0.1, -0.05) is 6.07 Å². The Labute approximate surface area is 121 Å². The third-order valence-electron chi connectivity index (χ3n) is 2.36. The van der Waals surface area contributed by atoms with Gasteiger partial charge in [-0.15, -0.1) is 11.3 Å². The molecule has 0 unspecified atom stereocenters. The molecule has 98 valence electrons. The van der Waals surface area contributed by atoms with E-state index in [0.29, 0.717) is 5.11 Å². The Hall–Kier alpha value is -1.79. The summed E-state index contributed by atoms with van der Waals surface area (Å²) in [7, 11) is 3.75. The summed E-state index contributed by atoms with van der Waals surface area (Å²) in [6.07, 6.45) is 3.53. The van der Waals surface area contributed by atoms with Gasteiger partial charge in [0.25, 0.3) is 0 Å². The maximum atomic E-state index is 5.17. The van der Waals surface area contributed by atoms with Crippen molar-refractivity contribution in [2.45, 2.75) is 0 Å². The Morgan fingerprint density at radius 3 is 2.79 bits per heavy atom. The second-order valence-electron chi connectivity index (χ2n) is 3.99. The lowest BCUT2D eigenvalue weighted by Gasteiger charge is -2.13. The molecule has 2 aromatic rings. The Balaban J connectivity index is 2.31. The predicted molar refractivity (Wildman–Crippen MR) is 83.6 cm³/mol. The van der Waals surface area contributed by atoms with Crippen LogP contribution >= 0.6 is 23.6 Å². The zero-order chi connectivity index (χ0) is 13.7. The first kappa shape index (κ1) is 13.6. The highest BCUT2D eigenvalue weighted by molar-refractivity contribution is 7.80. The molecule has 0 aliphatic heterocycles. The van der Waals surface area contributed by atoms with Crippen LogP contribution in [0, 0.1) is 0 Å². The van der Waals surface area contributed by atoms with Gasteiger partial charge in [0, 0.05) is 32.1 Å². The molecule has 6 heteroatoms. The van der Waals surface area contributed by atoms with E-state index in [1.807, 2.05) is 43.7 Å². The first-order valence-electron chi connectivity index (χ1n) is 5.67. The molecular formula is C13H14N4S2. The van der Waals surface area contributed by atoms with Gasteiger partial charge in [0.1, 0.15) is 5.71 Å². The second-order valence-corrected chi connectivity index (χ2v) is 5.33. The van der Waals surface area contributed by atoms with Crippen molar-refractivity contribution >= 4 is 34.4 Å². The number of rotatable bonds is 3. The summed E-state index contributed by atoms with van der Waals surface area (Å²) in [5, 5.41) is 7.00. The molecule has 4 nitrogen and oxygen atoms in total. The van der Waals surface area contributed by atoms with Gasteiger partial charge in [0.2, 0.25) is 0 Å². The maximum absolute atomic E-state index is 5.17. The van der Waals surface area contributed by atoms with Crippen molar-refractivity contribution in [3.63, 3.8) is 0 Å². The fourth-order valence-corrected chi connectivity index (χ4v) is 2.16. The molecule has 0 fully saturated rings. The molecule has 2 rings (SSSR count). The normalized spacial score (nSPS) is 11.2. The molecule has 0 spiro atoms. The molecule has 0 atom stereocenters. The Morgan fingerprint density at radius 2 is 2.21 bits per heavy atom. The summed E-state index contributed by atoms with van der Waals surface area (Å²) < 4.78 is 0. The molecule has 2 aromatic heterocycles. The Morgan fingerprint density at radius 1 is 1.37 bits per heavy atom. The van der Waals surface area contributed by atoms with E-state index in [1.165, 1.54) is 0 Å². The van der Waals surface area contributed by atoms with Crippen molar-refractivity contribution in [3.05, 3.63) is 52.5 Å². The van der Waals surface area contributed by atoms with Gasteiger partial charge in [-0.25, -0.2) is 0 Å². The molecule has 0 bridgehead atoms. The van der Waals surface area contributed by atoms with Crippen molar-refractivity contribution in [2.24, 2.45) is 5.10 Å². The van der Waals surface area contributed by atoms with Gasteiger partial charge in [0.15, 0.2) is 5.11 Å². The zero-order valence-corrected chi connectivity index (χ0v) is 12.3. The van der Waals surface area contributed by atoms with Crippen LogP contribution in [0.15, 0.2) is 47.1 Å². The van der Waals surface area contributed by atoms with Crippen LogP contribution in [-0.4, -0.2) is 34.8 Å². The van der Waals surface area contributed by atoms with Gasteiger partial charge >= 0.3 is 0 Å². The number of thiocarbonyl (C=S) groups is 1. The first-order chi connectivity index (χ1) is 9.18. The van der Waals surface area contributed by atoms with Crippen molar-refractivity contribution in [2.75, 3.05) is 14.1 Å². The summed E-state index contributed by atoms with van der Waals surface area (Å²) in [5.74, 6) is 0. The minimum absolute atomic E-state index is 0.568. The molecule has 0 aliphatic rings. The highest BCUT2D eigenvalue weighted by Gasteiger charge is 2.09. The average molecular weight is 290 g/mol. The molecule has 0 aliphatic carbocycles. The van der Waals surface area contributed by atoms with E-state index < -0.39 is 0 Å². The third-order valence-corrected chi connectivity index (χ3v) is 3.69. The van der Waals surface area contributed by atoms with Crippen LogP contribution in [0.2, 0.25) is 0 Å². The van der Waals surface area contributed by atoms with Crippen molar-refractivity contribution in [3.8, 4) is 0 Å². The van der Waals surface area contributed by atoms with Crippen LogP contribution in [0.4, 0.5) is 0 Å².